The van der Waals surface area contributed by atoms with Gasteiger partial charge in [0.1, 0.15) is 5.69 Å². The highest BCUT2D eigenvalue weighted by Crippen LogP contribution is 2.15. The predicted molar refractivity (Wildman–Crippen MR) is 79.2 cm³/mol. The number of hydrogen-bond donors (Lipinski definition) is 2. The lowest BCUT2D eigenvalue weighted by Gasteiger charge is -1.96. The number of nitrogens with zero attached hydrogens (tertiary/aromatic N) is 4. The van der Waals surface area contributed by atoms with E-state index < -0.39 is 0 Å². The van der Waals surface area contributed by atoms with Crippen molar-refractivity contribution < 1.29 is 0 Å². The van der Waals surface area contributed by atoms with Gasteiger partial charge in [0.2, 0.25) is 10.6 Å². The predicted octanol–water partition coefficient (Wildman–Crippen LogP) is 2.52. The summed E-state index contributed by atoms with van der Waals surface area (Å²) < 4.78 is 1.98. The minimum atomic E-state index is 0.424. The molecule has 2 N–H and O–H groups in total. The Labute approximate surface area is 120 Å². The standard InChI is InChI=1S/C13H12N6S/c1-9-7-11(16-15-9)12-17-18-13(20)19(12)14-8-10-5-3-2-4-6-10/h2-8H,1H3,(H,15,16)(H,18,20)/b14-8-. The minimum absolute atomic E-state index is 0.424. The molecule has 3 rings (SSSR count). The average molecular weight is 284 g/mol. The molecule has 0 saturated heterocycles. The van der Waals surface area contributed by atoms with Crippen molar-refractivity contribution in [3.8, 4) is 11.5 Å². The van der Waals surface area contributed by atoms with E-state index in [1.165, 1.54) is 0 Å². The maximum absolute atomic E-state index is 5.19. The highest BCUT2D eigenvalue weighted by molar-refractivity contribution is 7.71. The zero-order valence-corrected chi connectivity index (χ0v) is 11.6. The third-order valence-electron chi connectivity index (χ3n) is 2.71. The van der Waals surface area contributed by atoms with Crippen LogP contribution in [-0.4, -0.2) is 31.3 Å². The van der Waals surface area contributed by atoms with Crippen molar-refractivity contribution in [1.29, 1.82) is 0 Å². The van der Waals surface area contributed by atoms with E-state index in [1.54, 1.807) is 10.9 Å². The van der Waals surface area contributed by atoms with E-state index in [1.807, 2.05) is 43.3 Å². The fourth-order valence-corrected chi connectivity index (χ4v) is 1.94. The number of aromatic amines is 2. The first-order chi connectivity index (χ1) is 9.74. The summed E-state index contributed by atoms with van der Waals surface area (Å²) in [5.74, 6) is 0.575. The normalized spacial score (nSPS) is 11.2. The van der Waals surface area contributed by atoms with Gasteiger partial charge in [-0.3, -0.25) is 5.10 Å². The van der Waals surface area contributed by atoms with Gasteiger partial charge in [-0.15, -0.1) is 0 Å². The molecular weight excluding hydrogens is 272 g/mol. The molecule has 0 radical (unpaired) electrons. The monoisotopic (exact) mass is 284 g/mol. The van der Waals surface area contributed by atoms with E-state index >= 15 is 0 Å². The van der Waals surface area contributed by atoms with Crippen molar-refractivity contribution in [1.82, 2.24) is 25.1 Å². The zero-order valence-electron chi connectivity index (χ0n) is 10.7. The summed E-state index contributed by atoms with van der Waals surface area (Å²) in [5, 5.41) is 18.3. The Kier molecular flexibility index (Phi) is 3.26. The summed E-state index contributed by atoms with van der Waals surface area (Å²) in [4.78, 5) is 0. The first-order valence-corrected chi connectivity index (χ1v) is 6.44. The smallest absolute Gasteiger partial charge is 0.216 e. The second kappa shape index (κ2) is 5.22. The molecule has 0 aliphatic heterocycles. The second-order valence-corrected chi connectivity index (χ2v) is 4.64. The molecule has 0 spiro atoms. The summed E-state index contributed by atoms with van der Waals surface area (Å²) in [7, 11) is 0. The SMILES string of the molecule is Cc1cc(-c2n[nH]c(=S)n2/N=C\c2ccccc2)n[nH]1. The molecular formula is C13H12N6S. The molecule has 100 valence electrons. The second-order valence-electron chi connectivity index (χ2n) is 4.26. The van der Waals surface area contributed by atoms with Gasteiger partial charge in [0.25, 0.3) is 0 Å². The summed E-state index contributed by atoms with van der Waals surface area (Å²) in [6, 6.07) is 11.7. The topological polar surface area (TPSA) is 74.7 Å². The Hall–Kier alpha value is -2.54. The highest BCUT2D eigenvalue weighted by Gasteiger charge is 2.10. The van der Waals surface area contributed by atoms with Crippen molar-refractivity contribution in [2.24, 2.45) is 5.10 Å². The molecule has 3 aromatic rings. The maximum atomic E-state index is 5.19. The number of rotatable bonds is 3. The summed E-state index contributed by atoms with van der Waals surface area (Å²) in [6.07, 6.45) is 1.73. The van der Waals surface area contributed by atoms with Crippen LogP contribution >= 0.6 is 12.2 Å². The Balaban J connectivity index is 2.00. The van der Waals surface area contributed by atoms with Gasteiger partial charge in [-0.25, -0.2) is 5.10 Å². The van der Waals surface area contributed by atoms with Gasteiger partial charge in [0.05, 0.1) is 6.21 Å². The molecule has 0 atom stereocenters. The van der Waals surface area contributed by atoms with Crippen LogP contribution in [0.15, 0.2) is 41.5 Å². The van der Waals surface area contributed by atoms with Crippen LogP contribution in [0.1, 0.15) is 11.3 Å². The average Bonchev–Trinajstić information content (AvgIpc) is 3.04. The Morgan fingerprint density at radius 2 is 2.00 bits per heavy atom. The van der Waals surface area contributed by atoms with E-state index in [-0.39, 0.29) is 0 Å². The van der Waals surface area contributed by atoms with Gasteiger partial charge in [0, 0.05) is 5.69 Å². The molecule has 0 aliphatic rings. The largest absolute Gasteiger partial charge is 0.282 e. The number of nitrogens with one attached hydrogen (secondary N) is 2. The van der Waals surface area contributed by atoms with E-state index in [2.05, 4.69) is 25.5 Å². The van der Waals surface area contributed by atoms with Crippen LogP contribution in [0.25, 0.3) is 11.5 Å². The molecule has 0 aliphatic carbocycles. The molecule has 0 bridgehead atoms. The van der Waals surface area contributed by atoms with Gasteiger partial charge in [0.15, 0.2) is 0 Å². The van der Waals surface area contributed by atoms with Crippen molar-refractivity contribution in [3.63, 3.8) is 0 Å². The summed E-state index contributed by atoms with van der Waals surface area (Å²) in [5.41, 5.74) is 2.63. The highest BCUT2D eigenvalue weighted by atomic mass is 32.1. The van der Waals surface area contributed by atoms with Crippen LogP contribution in [0, 0.1) is 11.7 Å². The molecule has 0 amide bonds. The van der Waals surface area contributed by atoms with Crippen molar-refractivity contribution in [2.45, 2.75) is 6.92 Å². The Bertz CT molecular complexity index is 796. The lowest BCUT2D eigenvalue weighted by molar-refractivity contribution is 0.865. The molecule has 2 aromatic heterocycles. The third-order valence-corrected chi connectivity index (χ3v) is 2.97. The zero-order chi connectivity index (χ0) is 13.9. The number of aromatic nitrogens is 5. The van der Waals surface area contributed by atoms with Crippen LogP contribution < -0.4 is 0 Å². The lowest BCUT2D eigenvalue weighted by Crippen LogP contribution is -1.95. The van der Waals surface area contributed by atoms with Crippen LogP contribution in [0.4, 0.5) is 0 Å². The third kappa shape index (κ3) is 2.43. The van der Waals surface area contributed by atoms with E-state index in [0.717, 1.165) is 11.3 Å². The molecule has 20 heavy (non-hydrogen) atoms. The molecule has 0 fully saturated rings. The van der Waals surface area contributed by atoms with E-state index in [4.69, 9.17) is 12.2 Å². The van der Waals surface area contributed by atoms with Crippen LogP contribution in [-0.2, 0) is 0 Å². The van der Waals surface area contributed by atoms with Crippen molar-refractivity contribution >= 4 is 18.4 Å². The fourth-order valence-electron chi connectivity index (χ4n) is 1.76. The van der Waals surface area contributed by atoms with Crippen LogP contribution in [0.3, 0.4) is 0 Å². The fraction of sp³-hybridized carbons (Fsp3) is 0.0769. The maximum Gasteiger partial charge on any atom is 0.216 e. The van der Waals surface area contributed by atoms with Gasteiger partial charge in [-0.1, -0.05) is 30.3 Å². The first kappa shape index (κ1) is 12.5. The van der Waals surface area contributed by atoms with E-state index in [9.17, 15) is 0 Å². The Morgan fingerprint density at radius 3 is 2.70 bits per heavy atom. The molecule has 0 saturated carbocycles. The van der Waals surface area contributed by atoms with Crippen LogP contribution in [0.2, 0.25) is 0 Å². The van der Waals surface area contributed by atoms with Crippen molar-refractivity contribution in [2.75, 3.05) is 0 Å². The quantitative estimate of drug-likeness (QED) is 0.573. The van der Waals surface area contributed by atoms with Crippen molar-refractivity contribution in [3.05, 3.63) is 52.4 Å². The number of aryl methyl sites for hydroxylation is 1. The lowest BCUT2D eigenvalue weighted by atomic mass is 10.2. The molecule has 1 aromatic carbocycles. The molecule has 2 heterocycles. The van der Waals surface area contributed by atoms with Crippen LogP contribution in [0.5, 0.6) is 0 Å². The minimum Gasteiger partial charge on any atom is -0.282 e. The summed E-state index contributed by atoms with van der Waals surface area (Å²) in [6.45, 7) is 1.93. The number of hydrogen-bond acceptors (Lipinski definition) is 4. The van der Waals surface area contributed by atoms with Gasteiger partial charge >= 0.3 is 0 Å². The first-order valence-electron chi connectivity index (χ1n) is 6.03. The number of H-pyrrole nitrogens is 2. The van der Waals surface area contributed by atoms with Gasteiger partial charge < -0.3 is 0 Å². The number of benzene rings is 1. The Morgan fingerprint density at radius 1 is 1.20 bits per heavy atom. The van der Waals surface area contributed by atoms with Gasteiger partial charge in [-0.05, 0) is 30.8 Å². The van der Waals surface area contributed by atoms with E-state index in [0.29, 0.717) is 16.3 Å². The van der Waals surface area contributed by atoms with Gasteiger partial charge in [-0.2, -0.15) is 20.0 Å². The molecule has 7 heteroatoms. The molecule has 6 nitrogen and oxygen atoms in total. The molecule has 0 unspecified atom stereocenters. The summed E-state index contributed by atoms with van der Waals surface area (Å²) >= 11 is 5.19.